The van der Waals surface area contributed by atoms with Crippen LogP contribution in [0.15, 0.2) is 48.5 Å². The zero-order valence-corrected chi connectivity index (χ0v) is 19.9. The third-order valence-electron chi connectivity index (χ3n) is 6.81. The molecule has 0 radical (unpaired) electrons. The zero-order valence-electron chi connectivity index (χ0n) is 19.1. The van der Waals surface area contributed by atoms with E-state index in [1.54, 1.807) is 7.11 Å². The van der Waals surface area contributed by atoms with Crippen molar-refractivity contribution in [1.29, 1.82) is 0 Å². The number of halogens is 1. The first-order chi connectivity index (χ1) is 15.4. The van der Waals surface area contributed by atoms with E-state index in [4.69, 9.17) is 16.3 Å². The van der Waals surface area contributed by atoms with Gasteiger partial charge in [-0.05, 0) is 74.8 Å². The number of ether oxygens (including phenoxy) is 1. The number of nitrogens with zero attached hydrogens (tertiary/aromatic N) is 3. The van der Waals surface area contributed by atoms with Crippen molar-refractivity contribution < 1.29 is 9.53 Å². The van der Waals surface area contributed by atoms with Gasteiger partial charge in [-0.2, -0.15) is 0 Å². The van der Waals surface area contributed by atoms with Gasteiger partial charge in [-0.1, -0.05) is 23.7 Å². The van der Waals surface area contributed by atoms with Crippen molar-refractivity contribution in [2.75, 3.05) is 57.6 Å². The molecule has 172 valence electrons. The van der Waals surface area contributed by atoms with Crippen LogP contribution in [0.1, 0.15) is 24.3 Å². The zero-order chi connectivity index (χ0) is 22.7. The highest BCUT2D eigenvalue weighted by Gasteiger charge is 2.34. The Labute approximate surface area is 196 Å². The average Bonchev–Trinajstić information content (AvgIpc) is 3.25. The van der Waals surface area contributed by atoms with Crippen molar-refractivity contribution in [3.8, 4) is 0 Å². The fourth-order valence-electron chi connectivity index (χ4n) is 4.80. The predicted molar refractivity (Wildman–Crippen MR) is 131 cm³/mol. The lowest BCUT2D eigenvalue weighted by Gasteiger charge is -2.32. The van der Waals surface area contributed by atoms with E-state index in [1.165, 1.54) is 5.56 Å². The normalized spacial score (nSPS) is 21.9. The van der Waals surface area contributed by atoms with E-state index in [0.717, 1.165) is 55.4 Å². The molecule has 2 fully saturated rings. The maximum atomic E-state index is 12.8. The van der Waals surface area contributed by atoms with Gasteiger partial charge in [0.15, 0.2) is 0 Å². The molecule has 2 amide bonds. The van der Waals surface area contributed by atoms with Crippen LogP contribution in [0, 0.1) is 0 Å². The van der Waals surface area contributed by atoms with Crippen LogP contribution in [-0.4, -0.2) is 75.4 Å². The number of methoxy groups -OCH3 is 1. The molecular weight excluding hydrogens is 424 g/mol. The average molecular weight is 457 g/mol. The summed E-state index contributed by atoms with van der Waals surface area (Å²) in [6.45, 7) is 3.32. The third-order valence-corrected chi connectivity index (χ3v) is 7.06. The second kappa shape index (κ2) is 10.1. The molecule has 2 heterocycles. The smallest absolute Gasteiger partial charge is 0.321 e. The SMILES string of the molecule is COC1CN(c2ccc(NC(=O)N3CCC(c4ccc(Cl)cc4)CC3)cc2)CC1N(C)C. The lowest BCUT2D eigenvalue weighted by Crippen LogP contribution is -2.40. The Morgan fingerprint density at radius 1 is 1.03 bits per heavy atom. The fourth-order valence-corrected chi connectivity index (χ4v) is 4.93. The number of anilines is 2. The number of urea groups is 1. The maximum absolute atomic E-state index is 12.8. The summed E-state index contributed by atoms with van der Waals surface area (Å²) in [5.74, 6) is 0.484. The van der Waals surface area contributed by atoms with Crippen LogP contribution >= 0.6 is 11.6 Å². The van der Waals surface area contributed by atoms with E-state index < -0.39 is 0 Å². The van der Waals surface area contributed by atoms with Crippen molar-refractivity contribution >= 4 is 29.0 Å². The molecule has 2 aliphatic rings. The second-order valence-electron chi connectivity index (χ2n) is 9.00. The van der Waals surface area contributed by atoms with E-state index in [2.05, 4.69) is 53.5 Å². The van der Waals surface area contributed by atoms with Crippen LogP contribution in [0.2, 0.25) is 5.02 Å². The molecule has 6 nitrogen and oxygen atoms in total. The van der Waals surface area contributed by atoms with Crippen LogP contribution in [0.5, 0.6) is 0 Å². The molecule has 2 aromatic rings. The maximum Gasteiger partial charge on any atom is 0.321 e. The molecule has 2 aliphatic heterocycles. The number of benzene rings is 2. The number of amides is 2. The molecule has 0 spiro atoms. The quantitative estimate of drug-likeness (QED) is 0.718. The minimum atomic E-state index is -0.0272. The van der Waals surface area contributed by atoms with Gasteiger partial charge in [0, 0.05) is 49.7 Å². The minimum absolute atomic E-state index is 0.0272. The molecule has 2 aromatic carbocycles. The van der Waals surface area contributed by atoms with Crippen LogP contribution in [0.4, 0.5) is 16.2 Å². The Kier molecular flexibility index (Phi) is 7.23. The number of carbonyl (C=O) groups excluding carboxylic acids is 1. The molecule has 0 aliphatic carbocycles. The number of piperidine rings is 1. The van der Waals surface area contributed by atoms with Gasteiger partial charge in [-0.15, -0.1) is 0 Å². The van der Waals surface area contributed by atoms with Crippen molar-refractivity contribution in [3.05, 3.63) is 59.1 Å². The van der Waals surface area contributed by atoms with Gasteiger partial charge >= 0.3 is 6.03 Å². The van der Waals surface area contributed by atoms with Gasteiger partial charge in [0.1, 0.15) is 0 Å². The topological polar surface area (TPSA) is 48.1 Å². The number of likely N-dealkylation sites (N-methyl/N-ethyl adjacent to an activating group) is 1. The Bertz CT molecular complexity index is 895. The van der Waals surface area contributed by atoms with E-state index >= 15 is 0 Å². The first-order valence-electron chi connectivity index (χ1n) is 11.3. The van der Waals surface area contributed by atoms with Gasteiger partial charge in [-0.25, -0.2) is 4.79 Å². The summed E-state index contributed by atoms with van der Waals surface area (Å²) in [5, 5.41) is 3.82. The molecule has 0 saturated carbocycles. The molecule has 7 heteroatoms. The highest BCUT2D eigenvalue weighted by molar-refractivity contribution is 6.30. The Morgan fingerprint density at radius 3 is 2.25 bits per heavy atom. The number of nitrogens with one attached hydrogen (secondary N) is 1. The molecule has 2 saturated heterocycles. The summed E-state index contributed by atoms with van der Waals surface area (Å²) >= 11 is 6.00. The predicted octanol–water partition coefficient (Wildman–Crippen LogP) is 4.52. The number of likely N-dealkylation sites (tertiary alicyclic amines) is 1. The summed E-state index contributed by atoms with van der Waals surface area (Å²) in [7, 11) is 5.97. The summed E-state index contributed by atoms with van der Waals surface area (Å²) < 4.78 is 5.67. The van der Waals surface area contributed by atoms with E-state index in [1.807, 2.05) is 29.2 Å². The molecular formula is C25H33ClN4O2. The lowest BCUT2D eigenvalue weighted by atomic mass is 9.89. The van der Waals surface area contributed by atoms with Crippen molar-refractivity contribution in [2.45, 2.75) is 30.9 Å². The molecule has 32 heavy (non-hydrogen) atoms. The van der Waals surface area contributed by atoms with Crippen molar-refractivity contribution in [3.63, 3.8) is 0 Å². The van der Waals surface area contributed by atoms with E-state index in [9.17, 15) is 4.79 Å². The van der Waals surface area contributed by atoms with E-state index in [-0.39, 0.29) is 12.1 Å². The summed E-state index contributed by atoms with van der Waals surface area (Å²) in [6, 6.07) is 16.5. The van der Waals surface area contributed by atoms with Gasteiger partial charge < -0.3 is 24.8 Å². The summed E-state index contributed by atoms with van der Waals surface area (Å²) in [6.07, 6.45) is 2.13. The third kappa shape index (κ3) is 5.20. The standard InChI is InChI=1S/C25H33ClN4O2/c1-28(2)23-16-30(17-24(23)32-3)22-10-8-21(9-11-22)27-25(31)29-14-12-19(13-15-29)18-4-6-20(26)7-5-18/h4-11,19,23-24H,12-17H2,1-3H3,(H,27,31). The largest absolute Gasteiger partial charge is 0.378 e. The number of carbonyl (C=O) groups is 1. The van der Waals surface area contributed by atoms with Crippen molar-refractivity contribution in [1.82, 2.24) is 9.80 Å². The van der Waals surface area contributed by atoms with E-state index in [0.29, 0.717) is 12.0 Å². The van der Waals surface area contributed by atoms with Crippen LogP contribution < -0.4 is 10.2 Å². The molecule has 2 atom stereocenters. The van der Waals surface area contributed by atoms with Crippen LogP contribution in [0.3, 0.4) is 0 Å². The first kappa shape index (κ1) is 22.9. The molecule has 2 unspecified atom stereocenters. The number of rotatable bonds is 5. The van der Waals surface area contributed by atoms with Gasteiger partial charge in [-0.3, -0.25) is 0 Å². The van der Waals surface area contributed by atoms with Gasteiger partial charge in [0.05, 0.1) is 12.1 Å². The second-order valence-corrected chi connectivity index (χ2v) is 9.44. The highest BCUT2D eigenvalue weighted by atomic mass is 35.5. The van der Waals surface area contributed by atoms with Crippen molar-refractivity contribution in [2.24, 2.45) is 0 Å². The Hall–Kier alpha value is -2.28. The number of hydrogen-bond donors (Lipinski definition) is 1. The molecule has 1 N–H and O–H groups in total. The monoisotopic (exact) mass is 456 g/mol. The highest BCUT2D eigenvalue weighted by Crippen LogP contribution is 2.29. The number of hydrogen-bond acceptors (Lipinski definition) is 4. The molecule has 0 bridgehead atoms. The molecule has 0 aromatic heterocycles. The lowest BCUT2D eigenvalue weighted by molar-refractivity contribution is 0.0639. The molecule has 4 rings (SSSR count). The van der Waals surface area contributed by atoms with Gasteiger partial charge in [0.25, 0.3) is 0 Å². The summed E-state index contributed by atoms with van der Waals surface area (Å²) in [5.41, 5.74) is 3.28. The Morgan fingerprint density at radius 2 is 1.69 bits per heavy atom. The fraction of sp³-hybridized carbons (Fsp3) is 0.480. The Balaban J connectivity index is 1.29. The minimum Gasteiger partial charge on any atom is -0.378 e. The summed E-state index contributed by atoms with van der Waals surface area (Å²) in [4.78, 5) is 19.2. The first-order valence-corrected chi connectivity index (χ1v) is 11.7. The van der Waals surface area contributed by atoms with Crippen LogP contribution in [0.25, 0.3) is 0 Å². The van der Waals surface area contributed by atoms with Gasteiger partial charge in [0.2, 0.25) is 0 Å². The van der Waals surface area contributed by atoms with Crippen LogP contribution in [-0.2, 0) is 4.74 Å².